The summed E-state index contributed by atoms with van der Waals surface area (Å²) in [7, 11) is 3.48. The van der Waals surface area contributed by atoms with Crippen molar-refractivity contribution < 1.29 is 14.3 Å². The Morgan fingerprint density at radius 1 is 1.45 bits per heavy atom. The summed E-state index contributed by atoms with van der Waals surface area (Å²) in [6.45, 7) is 1.64. The van der Waals surface area contributed by atoms with Crippen molar-refractivity contribution in [3.05, 3.63) is 24.3 Å². The smallest absolute Gasteiger partial charge is 0.241 e. The highest BCUT2D eigenvalue weighted by atomic mass is 16.5. The molecule has 110 valence electrons. The van der Waals surface area contributed by atoms with Gasteiger partial charge in [-0.15, -0.1) is 0 Å². The molecule has 1 saturated heterocycles. The molecule has 1 aromatic rings. The standard InChI is InChI=1S/C15H22N2O3/c1-17(2)15(18)10-16-13-7-3-4-8-14(13)20-11-12-6-5-9-19-12/h3-4,7-8,12,16H,5-6,9-11H2,1-2H3. The first-order valence-electron chi connectivity index (χ1n) is 6.94. The molecule has 1 N–H and O–H groups in total. The van der Waals surface area contributed by atoms with Crippen LogP contribution < -0.4 is 10.1 Å². The van der Waals surface area contributed by atoms with Gasteiger partial charge in [0.05, 0.1) is 18.3 Å². The summed E-state index contributed by atoms with van der Waals surface area (Å²) in [6.07, 6.45) is 2.34. The Morgan fingerprint density at radius 2 is 2.25 bits per heavy atom. The van der Waals surface area contributed by atoms with E-state index in [2.05, 4.69) is 5.32 Å². The lowest BCUT2D eigenvalue weighted by atomic mass is 10.2. The van der Waals surface area contributed by atoms with Gasteiger partial charge in [0.25, 0.3) is 0 Å². The molecule has 1 atom stereocenters. The number of nitrogens with one attached hydrogen (secondary N) is 1. The second-order valence-electron chi connectivity index (χ2n) is 5.08. The van der Waals surface area contributed by atoms with Gasteiger partial charge in [-0.05, 0) is 25.0 Å². The minimum atomic E-state index is 0.0268. The highest BCUT2D eigenvalue weighted by Crippen LogP contribution is 2.24. The van der Waals surface area contributed by atoms with Gasteiger partial charge in [-0.25, -0.2) is 0 Å². The minimum absolute atomic E-state index is 0.0268. The summed E-state index contributed by atoms with van der Waals surface area (Å²) < 4.78 is 11.3. The lowest BCUT2D eigenvalue weighted by Gasteiger charge is -2.16. The molecule has 1 aromatic carbocycles. The van der Waals surface area contributed by atoms with Crippen molar-refractivity contribution in [3.8, 4) is 5.75 Å². The third kappa shape index (κ3) is 4.13. The van der Waals surface area contributed by atoms with Gasteiger partial charge in [-0.2, -0.15) is 0 Å². The van der Waals surface area contributed by atoms with E-state index in [0.717, 1.165) is 30.9 Å². The Hall–Kier alpha value is -1.75. The maximum atomic E-state index is 11.6. The van der Waals surface area contributed by atoms with Crippen LogP contribution in [0.1, 0.15) is 12.8 Å². The number of nitrogens with zero attached hydrogens (tertiary/aromatic N) is 1. The highest BCUT2D eigenvalue weighted by Gasteiger charge is 2.16. The quantitative estimate of drug-likeness (QED) is 0.861. The summed E-state index contributed by atoms with van der Waals surface area (Å²) in [5.41, 5.74) is 0.834. The van der Waals surface area contributed by atoms with E-state index in [1.54, 1.807) is 19.0 Å². The second-order valence-corrected chi connectivity index (χ2v) is 5.08. The van der Waals surface area contributed by atoms with Gasteiger partial charge in [0.1, 0.15) is 12.4 Å². The Morgan fingerprint density at radius 3 is 2.95 bits per heavy atom. The SMILES string of the molecule is CN(C)C(=O)CNc1ccccc1OCC1CCCO1. The number of carbonyl (C=O) groups is 1. The number of carbonyl (C=O) groups excluding carboxylic acids is 1. The predicted molar refractivity (Wildman–Crippen MR) is 78.1 cm³/mol. The molecule has 5 heteroatoms. The number of anilines is 1. The predicted octanol–water partition coefficient (Wildman–Crippen LogP) is 1.74. The van der Waals surface area contributed by atoms with Crippen molar-refractivity contribution in [2.75, 3.05) is 39.2 Å². The molecular weight excluding hydrogens is 256 g/mol. The fourth-order valence-corrected chi connectivity index (χ4v) is 2.03. The third-order valence-corrected chi connectivity index (χ3v) is 3.26. The summed E-state index contributed by atoms with van der Waals surface area (Å²) in [5, 5.41) is 3.11. The Bertz CT molecular complexity index is 442. The van der Waals surface area contributed by atoms with E-state index in [1.165, 1.54) is 0 Å². The first-order chi connectivity index (χ1) is 9.66. The first kappa shape index (κ1) is 14.7. The van der Waals surface area contributed by atoms with Gasteiger partial charge in [0.15, 0.2) is 0 Å². The van der Waals surface area contributed by atoms with E-state index in [1.807, 2.05) is 24.3 Å². The summed E-state index contributed by atoms with van der Waals surface area (Å²) in [5.74, 6) is 0.786. The largest absolute Gasteiger partial charge is 0.489 e. The number of benzene rings is 1. The number of likely N-dealkylation sites (N-methyl/N-ethyl adjacent to an activating group) is 1. The number of hydrogen-bond acceptors (Lipinski definition) is 4. The molecule has 5 nitrogen and oxygen atoms in total. The van der Waals surface area contributed by atoms with Crippen LogP contribution in [-0.2, 0) is 9.53 Å². The van der Waals surface area contributed by atoms with Crippen LogP contribution in [0.5, 0.6) is 5.75 Å². The molecular formula is C15H22N2O3. The van der Waals surface area contributed by atoms with Crippen molar-refractivity contribution in [1.29, 1.82) is 0 Å². The van der Waals surface area contributed by atoms with Crippen LogP contribution in [0, 0.1) is 0 Å². The van der Waals surface area contributed by atoms with Crippen molar-refractivity contribution in [2.45, 2.75) is 18.9 Å². The molecule has 0 radical (unpaired) electrons. The zero-order chi connectivity index (χ0) is 14.4. The molecule has 0 saturated carbocycles. The topological polar surface area (TPSA) is 50.8 Å². The lowest BCUT2D eigenvalue weighted by molar-refractivity contribution is -0.126. The molecule has 1 heterocycles. The van der Waals surface area contributed by atoms with Crippen molar-refractivity contribution in [1.82, 2.24) is 4.90 Å². The van der Waals surface area contributed by atoms with E-state index >= 15 is 0 Å². The average molecular weight is 278 g/mol. The molecule has 1 aliphatic rings. The normalized spacial score (nSPS) is 17.8. The second kappa shape index (κ2) is 7.14. The molecule has 2 rings (SSSR count). The van der Waals surface area contributed by atoms with Gasteiger partial charge in [0.2, 0.25) is 5.91 Å². The molecule has 1 unspecified atom stereocenters. The first-order valence-corrected chi connectivity index (χ1v) is 6.94. The molecule has 1 fully saturated rings. The van der Waals surface area contributed by atoms with E-state index in [-0.39, 0.29) is 18.6 Å². The summed E-state index contributed by atoms with van der Waals surface area (Å²) in [6, 6.07) is 7.65. The number of ether oxygens (including phenoxy) is 2. The van der Waals surface area contributed by atoms with Crippen molar-refractivity contribution in [3.63, 3.8) is 0 Å². The molecule has 20 heavy (non-hydrogen) atoms. The van der Waals surface area contributed by atoms with E-state index in [9.17, 15) is 4.79 Å². The van der Waals surface area contributed by atoms with Gasteiger partial charge >= 0.3 is 0 Å². The van der Waals surface area contributed by atoms with Crippen LogP contribution in [0.25, 0.3) is 0 Å². The molecule has 1 aliphatic heterocycles. The van der Waals surface area contributed by atoms with Crippen LogP contribution in [0.4, 0.5) is 5.69 Å². The number of hydrogen-bond donors (Lipinski definition) is 1. The Labute approximate surface area is 119 Å². The van der Waals surface area contributed by atoms with E-state index < -0.39 is 0 Å². The van der Waals surface area contributed by atoms with Crippen LogP contribution in [0.2, 0.25) is 0 Å². The fourth-order valence-electron chi connectivity index (χ4n) is 2.03. The van der Waals surface area contributed by atoms with Crippen molar-refractivity contribution in [2.24, 2.45) is 0 Å². The fraction of sp³-hybridized carbons (Fsp3) is 0.533. The van der Waals surface area contributed by atoms with Gasteiger partial charge in [0, 0.05) is 20.7 Å². The Kier molecular flexibility index (Phi) is 5.24. The molecule has 0 aromatic heterocycles. The van der Waals surface area contributed by atoms with Gasteiger partial charge in [-0.3, -0.25) is 4.79 Å². The van der Waals surface area contributed by atoms with Crippen LogP contribution in [0.15, 0.2) is 24.3 Å². The highest BCUT2D eigenvalue weighted by molar-refractivity contribution is 5.80. The number of rotatable bonds is 6. The molecule has 0 aliphatic carbocycles. The van der Waals surface area contributed by atoms with Crippen LogP contribution >= 0.6 is 0 Å². The summed E-state index contributed by atoms with van der Waals surface area (Å²) >= 11 is 0. The van der Waals surface area contributed by atoms with Crippen molar-refractivity contribution >= 4 is 11.6 Å². The molecule has 1 amide bonds. The molecule has 0 spiro atoms. The average Bonchev–Trinajstić information content (AvgIpc) is 2.96. The zero-order valence-corrected chi connectivity index (χ0v) is 12.1. The maximum Gasteiger partial charge on any atom is 0.241 e. The minimum Gasteiger partial charge on any atom is -0.489 e. The van der Waals surface area contributed by atoms with Crippen LogP contribution in [-0.4, -0.2) is 50.8 Å². The number of amides is 1. The Balaban J connectivity index is 1.89. The number of para-hydroxylation sites is 2. The summed E-state index contributed by atoms with van der Waals surface area (Å²) in [4.78, 5) is 13.2. The maximum absolute atomic E-state index is 11.6. The molecule has 0 bridgehead atoms. The zero-order valence-electron chi connectivity index (χ0n) is 12.1. The third-order valence-electron chi connectivity index (χ3n) is 3.26. The van der Waals surface area contributed by atoms with Crippen LogP contribution in [0.3, 0.4) is 0 Å². The van der Waals surface area contributed by atoms with Gasteiger partial charge in [-0.1, -0.05) is 12.1 Å². The van der Waals surface area contributed by atoms with E-state index in [0.29, 0.717) is 6.61 Å². The lowest BCUT2D eigenvalue weighted by Crippen LogP contribution is -2.28. The monoisotopic (exact) mass is 278 g/mol. The van der Waals surface area contributed by atoms with E-state index in [4.69, 9.17) is 9.47 Å². The van der Waals surface area contributed by atoms with Gasteiger partial charge < -0.3 is 19.7 Å².